The van der Waals surface area contributed by atoms with Crippen molar-refractivity contribution in [3.05, 3.63) is 30.1 Å². The molecule has 0 aromatic carbocycles. The van der Waals surface area contributed by atoms with E-state index in [2.05, 4.69) is 29.9 Å². The molecule has 2 unspecified atom stereocenters. The zero-order chi connectivity index (χ0) is 13.7. The molecule has 0 aliphatic heterocycles. The zero-order valence-electron chi connectivity index (χ0n) is 12.3. The number of nitrogens with two attached hydrogens (primary N) is 1. The standard InChI is InChI=1S/C16H27N3/c1-3-15(17)16(13-8-7-11-18-12-13)19(2)14-9-5-4-6-10-14/h7-8,11-12,14-16H,3-6,9-10,17H2,1-2H3. The van der Waals surface area contributed by atoms with E-state index in [9.17, 15) is 0 Å². The maximum atomic E-state index is 6.39. The summed E-state index contributed by atoms with van der Waals surface area (Å²) in [6.45, 7) is 2.17. The topological polar surface area (TPSA) is 42.1 Å². The number of pyridine rings is 1. The summed E-state index contributed by atoms with van der Waals surface area (Å²) < 4.78 is 0. The first-order valence-corrected chi connectivity index (χ1v) is 7.61. The molecule has 1 saturated carbocycles. The highest BCUT2D eigenvalue weighted by molar-refractivity contribution is 5.16. The Kier molecular flexibility index (Phi) is 5.34. The third-order valence-corrected chi connectivity index (χ3v) is 4.49. The minimum atomic E-state index is 0.177. The second-order valence-corrected chi connectivity index (χ2v) is 5.76. The van der Waals surface area contributed by atoms with Crippen LogP contribution in [0.25, 0.3) is 0 Å². The highest BCUT2D eigenvalue weighted by Crippen LogP contribution is 2.30. The lowest BCUT2D eigenvalue weighted by molar-refractivity contribution is 0.118. The summed E-state index contributed by atoms with van der Waals surface area (Å²) in [6, 6.07) is 5.32. The first-order chi connectivity index (χ1) is 9.24. The van der Waals surface area contributed by atoms with E-state index in [0.29, 0.717) is 12.1 Å². The summed E-state index contributed by atoms with van der Waals surface area (Å²) in [5.74, 6) is 0. The molecule has 0 saturated heterocycles. The van der Waals surface area contributed by atoms with Crippen molar-refractivity contribution in [2.45, 2.75) is 63.6 Å². The molecule has 1 aromatic rings. The third-order valence-electron chi connectivity index (χ3n) is 4.49. The Morgan fingerprint density at radius 2 is 2.11 bits per heavy atom. The van der Waals surface area contributed by atoms with Gasteiger partial charge in [0.25, 0.3) is 0 Å². The van der Waals surface area contributed by atoms with Gasteiger partial charge < -0.3 is 5.73 Å². The van der Waals surface area contributed by atoms with Crippen molar-refractivity contribution < 1.29 is 0 Å². The normalized spacial score (nSPS) is 20.4. The van der Waals surface area contributed by atoms with Gasteiger partial charge >= 0.3 is 0 Å². The molecule has 1 aromatic heterocycles. The predicted molar refractivity (Wildman–Crippen MR) is 79.9 cm³/mol. The molecule has 0 bridgehead atoms. The SMILES string of the molecule is CCC(N)C(c1cccnc1)N(C)C1CCCCC1. The van der Waals surface area contributed by atoms with Crippen LogP contribution in [0, 0.1) is 0 Å². The minimum Gasteiger partial charge on any atom is -0.326 e. The van der Waals surface area contributed by atoms with Gasteiger partial charge in [-0.3, -0.25) is 9.88 Å². The number of hydrogen-bond acceptors (Lipinski definition) is 3. The molecule has 1 aliphatic rings. The van der Waals surface area contributed by atoms with Crippen LogP contribution in [0.4, 0.5) is 0 Å². The average molecular weight is 261 g/mol. The quantitative estimate of drug-likeness (QED) is 0.885. The summed E-state index contributed by atoms with van der Waals surface area (Å²) in [7, 11) is 2.24. The molecule has 2 rings (SSSR count). The molecular formula is C16H27N3. The van der Waals surface area contributed by atoms with E-state index >= 15 is 0 Å². The number of nitrogens with zero attached hydrogens (tertiary/aromatic N) is 2. The maximum absolute atomic E-state index is 6.39. The van der Waals surface area contributed by atoms with Gasteiger partial charge in [0.05, 0.1) is 6.04 Å². The fourth-order valence-electron chi connectivity index (χ4n) is 3.27. The lowest BCUT2D eigenvalue weighted by atomic mass is 9.90. The summed E-state index contributed by atoms with van der Waals surface area (Å²) >= 11 is 0. The molecule has 0 amide bonds. The molecule has 3 nitrogen and oxygen atoms in total. The molecule has 0 radical (unpaired) electrons. The molecule has 3 heteroatoms. The van der Waals surface area contributed by atoms with Crippen molar-refractivity contribution in [3.8, 4) is 0 Å². The van der Waals surface area contributed by atoms with Crippen LogP contribution in [-0.2, 0) is 0 Å². The largest absolute Gasteiger partial charge is 0.326 e. The van der Waals surface area contributed by atoms with Crippen molar-refractivity contribution in [2.24, 2.45) is 5.73 Å². The van der Waals surface area contributed by atoms with E-state index in [0.717, 1.165) is 6.42 Å². The van der Waals surface area contributed by atoms with Crippen LogP contribution in [0.1, 0.15) is 57.1 Å². The fraction of sp³-hybridized carbons (Fsp3) is 0.688. The van der Waals surface area contributed by atoms with Gasteiger partial charge in [0, 0.05) is 24.5 Å². The van der Waals surface area contributed by atoms with E-state index in [1.807, 2.05) is 18.5 Å². The molecule has 1 fully saturated rings. The van der Waals surface area contributed by atoms with Crippen LogP contribution in [0.5, 0.6) is 0 Å². The van der Waals surface area contributed by atoms with Gasteiger partial charge in [-0.15, -0.1) is 0 Å². The highest BCUT2D eigenvalue weighted by atomic mass is 15.2. The molecule has 0 spiro atoms. The van der Waals surface area contributed by atoms with Crippen LogP contribution < -0.4 is 5.73 Å². The summed E-state index contributed by atoms with van der Waals surface area (Å²) in [6.07, 6.45) is 11.5. The van der Waals surface area contributed by atoms with E-state index in [1.54, 1.807) is 0 Å². The van der Waals surface area contributed by atoms with Crippen LogP contribution in [0.15, 0.2) is 24.5 Å². The highest BCUT2D eigenvalue weighted by Gasteiger charge is 2.29. The second-order valence-electron chi connectivity index (χ2n) is 5.76. The van der Waals surface area contributed by atoms with Crippen molar-refractivity contribution in [3.63, 3.8) is 0 Å². The Hall–Kier alpha value is -0.930. The van der Waals surface area contributed by atoms with Crippen molar-refractivity contribution in [2.75, 3.05) is 7.05 Å². The second kappa shape index (κ2) is 7.01. The molecule has 106 valence electrons. The molecule has 1 heterocycles. The lowest BCUT2D eigenvalue weighted by Crippen LogP contribution is -2.44. The van der Waals surface area contributed by atoms with Crippen molar-refractivity contribution >= 4 is 0 Å². The van der Waals surface area contributed by atoms with Crippen molar-refractivity contribution in [1.29, 1.82) is 0 Å². The van der Waals surface area contributed by atoms with E-state index in [4.69, 9.17) is 5.73 Å². The molecule has 1 aliphatic carbocycles. The summed E-state index contributed by atoms with van der Waals surface area (Å²) in [4.78, 5) is 6.77. The predicted octanol–water partition coefficient (Wildman–Crippen LogP) is 3.12. The first-order valence-electron chi connectivity index (χ1n) is 7.61. The van der Waals surface area contributed by atoms with E-state index in [1.165, 1.54) is 37.7 Å². The Balaban J connectivity index is 2.17. The number of rotatable bonds is 5. The monoisotopic (exact) mass is 261 g/mol. The van der Waals surface area contributed by atoms with E-state index < -0.39 is 0 Å². The van der Waals surface area contributed by atoms with Gasteiger partial charge in [0.2, 0.25) is 0 Å². The van der Waals surface area contributed by atoms with Crippen LogP contribution in [-0.4, -0.2) is 29.0 Å². The Morgan fingerprint density at radius 3 is 2.68 bits per heavy atom. The lowest BCUT2D eigenvalue weighted by Gasteiger charge is -2.39. The van der Waals surface area contributed by atoms with Gasteiger partial charge in [-0.25, -0.2) is 0 Å². The van der Waals surface area contributed by atoms with Crippen molar-refractivity contribution in [1.82, 2.24) is 9.88 Å². The number of aromatic nitrogens is 1. The fourth-order valence-corrected chi connectivity index (χ4v) is 3.27. The Bertz CT molecular complexity index is 360. The smallest absolute Gasteiger partial charge is 0.0514 e. The van der Waals surface area contributed by atoms with Gasteiger partial charge in [-0.1, -0.05) is 32.3 Å². The Labute approximate surface area is 117 Å². The zero-order valence-corrected chi connectivity index (χ0v) is 12.3. The third kappa shape index (κ3) is 3.54. The molecular weight excluding hydrogens is 234 g/mol. The van der Waals surface area contributed by atoms with Crippen LogP contribution in [0.3, 0.4) is 0 Å². The molecule has 19 heavy (non-hydrogen) atoms. The summed E-state index contributed by atoms with van der Waals surface area (Å²) in [5.41, 5.74) is 7.64. The molecule has 2 N–H and O–H groups in total. The van der Waals surface area contributed by atoms with Crippen LogP contribution in [0.2, 0.25) is 0 Å². The molecule has 2 atom stereocenters. The Morgan fingerprint density at radius 1 is 1.37 bits per heavy atom. The first kappa shape index (κ1) is 14.5. The van der Waals surface area contributed by atoms with Gasteiger partial charge in [0.1, 0.15) is 0 Å². The van der Waals surface area contributed by atoms with Crippen LogP contribution >= 0.6 is 0 Å². The van der Waals surface area contributed by atoms with Gasteiger partial charge in [-0.2, -0.15) is 0 Å². The number of hydrogen-bond donors (Lipinski definition) is 1. The van der Waals surface area contributed by atoms with Gasteiger partial charge in [-0.05, 0) is 37.9 Å². The minimum absolute atomic E-state index is 0.177. The summed E-state index contributed by atoms with van der Waals surface area (Å²) in [5, 5.41) is 0. The van der Waals surface area contributed by atoms with E-state index in [-0.39, 0.29) is 6.04 Å². The number of likely N-dealkylation sites (N-methyl/N-ethyl adjacent to an activating group) is 1. The maximum Gasteiger partial charge on any atom is 0.0514 e. The van der Waals surface area contributed by atoms with Gasteiger partial charge in [0.15, 0.2) is 0 Å². The average Bonchev–Trinajstić information content (AvgIpc) is 2.49.